The van der Waals surface area contributed by atoms with Crippen LogP contribution >= 0.6 is 11.8 Å². The monoisotopic (exact) mass is 281 g/mol. The van der Waals surface area contributed by atoms with E-state index in [1.54, 1.807) is 18.1 Å². The van der Waals surface area contributed by atoms with Crippen molar-refractivity contribution in [1.29, 1.82) is 0 Å². The highest BCUT2D eigenvalue weighted by Gasteiger charge is 2.44. The van der Waals surface area contributed by atoms with Gasteiger partial charge in [0.05, 0.1) is 13.5 Å². The Labute approximate surface area is 117 Å². The Morgan fingerprint density at radius 2 is 2.26 bits per heavy atom. The molecule has 0 spiro atoms. The molecule has 6 heteroatoms. The molecule has 19 heavy (non-hydrogen) atoms. The van der Waals surface area contributed by atoms with Crippen LogP contribution in [0.15, 0.2) is 11.4 Å². The quantitative estimate of drug-likeness (QED) is 0.490. The van der Waals surface area contributed by atoms with Gasteiger partial charge in [-0.1, -0.05) is 0 Å². The standard InChI is InChI=1S/C13H19N3O2S/c1-9-11(14-2)15-8-16-12(9)19-7-13(4-5-13)6-10(17)18-3/h8H,4-7H2,1-3H3,(H,14,15,16). The summed E-state index contributed by atoms with van der Waals surface area (Å²) in [6, 6.07) is 0. The number of ether oxygens (including phenoxy) is 1. The van der Waals surface area contributed by atoms with Gasteiger partial charge in [0, 0.05) is 18.4 Å². The van der Waals surface area contributed by atoms with Crippen LogP contribution < -0.4 is 5.32 Å². The zero-order valence-electron chi connectivity index (χ0n) is 11.5. The minimum atomic E-state index is -0.117. The third kappa shape index (κ3) is 3.37. The van der Waals surface area contributed by atoms with Crippen molar-refractivity contribution in [3.63, 3.8) is 0 Å². The first-order chi connectivity index (χ1) is 9.10. The van der Waals surface area contributed by atoms with E-state index in [9.17, 15) is 4.79 Å². The first-order valence-corrected chi connectivity index (χ1v) is 7.28. The van der Waals surface area contributed by atoms with Crippen LogP contribution in [0.5, 0.6) is 0 Å². The van der Waals surface area contributed by atoms with Crippen molar-refractivity contribution in [2.24, 2.45) is 5.41 Å². The molecule has 5 nitrogen and oxygen atoms in total. The lowest BCUT2D eigenvalue weighted by atomic mass is 10.1. The highest BCUT2D eigenvalue weighted by molar-refractivity contribution is 7.99. The molecule has 1 heterocycles. The number of methoxy groups -OCH3 is 1. The fraction of sp³-hybridized carbons (Fsp3) is 0.615. The third-order valence-corrected chi connectivity index (χ3v) is 4.94. The second-order valence-electron chi connectivity index (χ2n) is 4.94. The van der Waals surface area contributed by atoms with Crippen LogP contribution in [0.25, 0.3) is 0 Å². The Morgan fingerprint density at radius 1 is 1.53 bits per heavy atom. The summed E-state index contributed by atoms with van der Waals surface area (Å²) in [7, 11) is 3.29. The van der Waals surface area contributed by atoms with Gasteiger partial charge in [0.1, 0.15) is 17.2 Å². The molecule has 0 bridgehead atoms. The van der Waals surface area contributed by atoms with E-state index >= 15 is 0 Å². The van der Waals surface area contributed by atoms with E-state index in [0.29, 0.717) is 6.42 Å². The lowest BCUT2D eigenvalue weighted by Gasteiger charge is -2.14. The number of nitrogens with zero attached hydrogens (tertiary/aromatic N) is 2. The van der Waals surface area contributed by atoms with Gasteiger partial charge in [-0.05, 0) is 25.2 Å². The van der Waals surface area contributed by atoms with Crippen molar-refractivity contribution in [1.82, 2.24) is 9.97 Å². The molecule has 0 amide bonds. The van der Waals surface area contributed by atoms with Crippen LogP contribution in [-0.4, -0.2) is 35.8 Å². The number of rotatable bonds is 6. The fourth-order valence-corrected chi connectivity index (χ4v) is 3.25. The molecule has 0 saturated heterocycles. The molecule has 1 aromatic rings. The molecule has 0 atom stereocenters. The van der Waals surface area contributed by atoms with Crippen LogP contribution in [0.3, 0.4) is 0 Å². The van der Waals surface area contributed by atoms with Gasteiger partial charge in [-0.15, -0.1) is 11.8 Å². The van der Waals surface area contributed by atoms with Crippen LogP contribution in [0.4, 0.5) is 5.82 Å². The summed E-state index contributed by atoms with van der Waals surface area (Å²) >= 11 is 1.70. The Kier molecular flexibility index (Phi) is 4.29. The van der Waals surface area contributed by atoms with Crippen LogP contribution in [0, 0.1) is 12.3 Å². The fourth-order valence-electron chi connectivity index (χ4n) is 1.98. The first-order valence-electron chi connectivity index (χ1n) is 6.29. The minimum Gasteiger partial charge on any atom is -0.469 e. The Bertz CT molecular complexity index is 475. The molecule has 1 aliphatic carbocycles. The average molecular weight is 281 g/mol. The van der Waals surface area contributed by atoms with E-state index in [2.05, 4.69) is 15.3 Å². The van der Waals surface area contributed by atoms with Crippen LogP contribution in [0.1, 0.15) is 24.8 Å². The Balaban J connectivity index is 1.97. The predicted molar refractivity (Wildman–Crippen MR) is 75.3 cm³/mol. The van der Waals surface area contributed by atoms with Crippen molar-refractivity contribution in [3.05, 3.63) is 11.9 Å². The van der Waals surface area contributed by atoms with E-state index in [4.69, 9.17) is 4.74 Å². The molecule has 1 fully saturated rings. The molecule has 2 rings (SSSR count). The molecule has 0 unspecified atom stereocenters. The molecule has 1 N–H and O–H groups in total. The second kappa shape index (κ2) is 5.77. The van der Waals surface area contributed by atoms with Crippen molar-refractivity contribution in [2.75, 3.05) is 25.2 Å². The molecule has 0 aliphatic heterocycles. The number of hydrogen-bond donors (Lipinski definition) is 1. The molecular formula is C13H19N3O2S. The van der Waals surface area contributed by atoms with Gasteiger partial charge < -0.3 is 10.1 Å². The number of carbonyl (C=O) groups is 1. The van der Waals surface area contributed by atoms with E-state index in [-0.39, 0.29) is 11.4 Å². The number of aromatic nitrogens is 2. The summed E-state index contributed by atoms with van der Waals surface area (Å²) in [5.74, 6) is 1.65. The summed E-state index contributed by atoms with van der Waals surface area (Å²) in [6.45, 7) is 2.01. The van der Waals surface area contributed by atoms with E-state index in [1.165, 1.54) is 7.11 Å². The third-order valence-electron chi connectivity index (χ3n) is 3.49. The van der Waals surface area contributed by atoms with Crippen molar-refractivity contribution < 1.29 is 9.53 Å². The largest absolute Gasteiger partial charge is 0.469 e. The molecule has 0 radical (unpaired) electrons. The van der Waals surface area contributed by atoms with Crippen molar-refractivity contribution in [2.45, 2.75) is 31.2 Å². The van der Waals surface area contributed by atoms with Gasteiger partial charge in [-0.3, -0.25) is 4.79 Å². The normalized spacial score (nSPS) is 15.9. The SMILES string of the molecule is CNc1ncnc(SCC2(CC(=O)OC)CC2)c1C. The number of esters is 1. The molecule has 1 saturated carbocycles. The Morgan fingerprint density at radius 3 is 2.84 bits per heavy atom. The lowest BCUT2D eigenvalue weighted by Crippen LogP contribution is -2.13. The van der Waals surface area contributed by atoms with Crippen molar-refractivity contribution in [3.8, 4) is 0 Å². The minimum absolute atomic E-state index is 0.117. The number of hydrogen-bond acceptors (Lipinski definition) is 6. The summed E-state index contributed by atoms with van der Waals surface area (Å²) in [5, 5.41) is 4.03. The number of nitrogens with one attached hydrogen (secondary N) is 1. The molecular weight excluding hydrogens is 262 g/mol. The zero-order chi connectivity index (χ0) is 13.9. The number of carbonyl (C=O) groups excluding carboxylic acids is 1. The van der Waals surface area contributed by atoms with Gasteiger partial charge >= 0.3 is 5.97 Å². The molecule has 1 aromatic heterocycles. The predicted octanol–water partition coefficient (Wildman–Crippen LogP) is 2.26. The topological polar surface area (TPSA) is 64.1 Å². The van der Waals surface area contributed by atoms with Gasteiger partial charge in [0.25, 0.3) is 0 Å². The van der Waals surface area contributed by atoms with Gasteiger partial charge in [0.2, 0.25) is 0 Å². The highest BCUT2D eigenvalue weighted by atomic mass is 32.2. The average Bonchev–Trinajstić information content (AvgIpc) is 3.17. The summed E-state index contributed by atoms with van der Waals surface area (Å²) < 4.78 is 4.75. The zero-order valence-corrected chi connectivity index (χ0v) is 12.3. The maximum absolute atomic E-state index is 11.4. The molecule has 1 aliphatic rings. The maximum Gasteiger partial charge on any atom is 0.306 e. The number of anilines is 1. The van der Waals surface area contributed by atoms with Crippen molar-refractivity contribution >= 4 is 23.5 Å². The van der Waals surface area contributed by atoms with Gasteiger partial charge in [-0.25, -0.2) is 9.97 Å². The highest BCUT2D eigenvalue weighted by Crippen LogP contribution is 2.52. The van der Waals surface area contributed by atoms with Gasteiger partial charge in [0.15, 0.2) is 0 Å². The van der Waals surface area contributed by atoms with Crippen LogP contribution in [-0.2, 0) is 9.53 Å². The summed E-state index contributed by atoms with van der Waals surface area (Å²) in [5.41, 5.74) is 1.18. The van der Waals surface area contributed by atoms with E-state index < -0.39 is 0 Å². The number of thioether (sulfide) groups is 1. The summed E-state index contributed by atoms with van der Waals surface area (Å²) in [4.78, 5) is 19.9. The summed E-state index contributed by atoms with van der Waals surface area (Å²) in [6.07, 6.45) is 4.27. The smallest absolute Gasteiger partial charge is 0.306 e. The first kappa shape index (κ1) is 14.1. The molecule has 104 valence electrons. The lowest BCUT2D eigenvalue weighted by molar-refractivity contribution is -0.141. The van der Waals surface area contributed by atoms with Crippen LogP contribution in [0.2, 0.25) is 0 Å². The molecule has 0 aromatic carbocycles. The Hall–Kier alpha value is -1.30. The van der Waals surface area contributed by atoms with Gasteiger partial charge in [-0.2, -0.15) is 0 Å². The van der Waals surface area contributed by atoms with E-state index in [0.717, 1.165) is 35.0 Å². The maximum atomic E-state index is 11.4. The van der Waals surface area contributed by atoms with E-state index in [1.807, 2.05) is 14.0 Å². The second-order valence-corrected chi connectivity index (χ2v) is 5.91.